The van der Waals surface area contributed by atoms with E-state index in [-0.39, 0.29) is 18.1 Å². The molecule has 3 aromatic rings. The van der Waals surface area contributed by atoms with Crippen LogP contribution in [0.2, 0.25) is 0 Å². The van der Waals surface area contributed by atoms with Gasteiger partial charge in [0.1, 0.15) is 6.26 Å². The summed E-state index contributed by atoms with van der Waals surface area (Å²) in [6.07, 6.45) is 6.35. The minimum absolute atomic E-state index is 0.202. The van der Waals surface area contributed by atoms with Gasteiger partial charge in [0.05, 0.1) is 32.6 Å². The van der Waals surface area contributed by atoms with Crippen LogP contribution in [-0.2, 0) is 6.54 Å². The third kappa shape index (κ3) is 5.38. The highest BCUT2D eigenvalue weighted by molar-refractivity contribution is 5.94. The van der Waals surface area contributed by atoms with Crippen LogP contribution in [0.15, 0.2) is 47.2 Å². The zero-order chi connectivity index (χ0) is 22.3. The van der Waals surface area contributed by atoms with E-state index in [1.54, 1.807) is 25.4 Å². The number of hydrogen-bond acceptors (Lipinski definition) is 7. The van der Waals surface area contributed by atoms with Gasteiger partial charge in [0.25, 0.3) is 5.91 Å². The molecule has 1 N–H and O–H groups in total. The highest BCUT2D eigenvalue weighted by atomic mass is 16.5. The SMILES string of the molecule is CCCOc1cccnc1C(=O)NCc1coc(-c2ccc(OC)c(OCC3CC3)c2)n1. The molecule has 1 aliphatic rings. The van der Waals surface area contributed by atoms with Gasteiger partial charge in [0, 0.05) is 11.8 Å². The Bertz CT molecular complexity index is 1060. The molecule has 0 radical (unpaired) electrons. The summed E-state index contributed by atoms with van der Waals surface area (Å²) in [4.78, 5) is 21.2. The summed E-state index contributed by atoms with van der Waals surface area (Å²) in [6, 6.07) is 9.03. The molecule has 2 aromatic heterocycles. The van der Waals surface area contributed by atoms with Crippen LogP contribution in [-0.4, -0.2) is 36.2 Å². The summed E-state index contributed by atoms with van der Waals surface area (Å²) in [6.45, 7) is 3.41. The Kier molecular flexibility index (Phi) is 6.89. The van der Waals surface area contributed by atoms with E-state index in [1.165, 1.54) is 19.1 Å². The van der Waals surface area contributed by atoms with Gasteiger partial charge in [-0.15, -0.1) is 0 Å². The number of hydrogen-bond donors (Lipinski definition) is 1. The highest BCUT2D eigenvalue weighted by Crippen LogP contribution is 2.35. The fourth-order valence-corrected chi connectivity index (χ4v) is 3.08. The van der Waals surface area contributed by atoms with Crippen molar-refractivity contribution >= 4 is 5.91 Å². The second-order valence-corrected chi connectivity index (χ2v) is 7.65. The molecule has 1 fully saturated rings. The van der Waals surface area contributed by atoms with Crippen LogP contribution in [0.25, 0.3) is 11.5 Å². The fraction of sp³-hybridized carbons (Fsp3) is 0.375. The lowest BCUT2D eigenvalue weighted by atomic mass is 10.2. The van der Waals surface area contributed by atoms with Crippen LogP contribution >= 0.6 is 0 Å². The van der Waals surface area contributed by atoms with Crippen LogP contribution in [0.4, 0.5) is 0 Å². The number of benzene rings is 1. The van der Waals surface area contributed by atoms with Gasteiger partial charge in [-0.1, -0.05) is 6.92 Å². The molecule has 4 rings (SSSR count). The number of rotatable bonds is 11. The number of aromatic nitrogens is 2. The minimum atomic E-state index is -0.332. The Morgan fingerprint density at radius 2 is 2.06 bits per heavy atom. The van der Waals surface area contributed by atoms with E-state index in [0.29, 0.717) is 48.0 Å². The maximum Gasteiger partial charge on any atom is 0.274 e. The Balaban J connectivity index is 1.41. The fourth-order valence-electron chi connectivity index (χ4n) is 3.08. The topological polar surface area (TPSA) is 95.7 Å². The number of nitrogens with one attached hydrogen (secondary N) is 1. The molecular weight excluding hydrogens is 410 g/mol. The monoisotopic (exact) mass is 437 g/mol. The average Bonchev–Trinajstić information content (AvgIpc) is 3.54. The maximum absolute atomic E-state index is 12.6. The molecule has 0 spiro atoms. The van der Waals surface area contributed by atoms with Crippen molar-refractivity contribution < 1.29 is 23.4 Å². The highest BCUT2D eigenvalue weighted by Gasteiger charge is 2.23. The number of nitrogens with zero attached hydrogens (tertiary/aromatic N) is 2. The first-order chi connectivity index (χ1) is 15.7. The predicted molar refractivity (Wildman–Crippen MR) is 118 cm³/mol. The van der Waals surface area contributed by atoms with Crippen LogP contribution < -0.4 is 19.5 Å². The summed E-state index contributed by atoms with van der Waals surface area (Å²) in [5, 5.41) is 2.82. The van der Waals surface area contributed by atoms with E-state index in [0.717, 1.165) is 12.0 Å². The third-order valence-electron chi connectivity index (χ3n) is 5.01. The summed E-state index contributed by atoms with van der Waals surface area (Å²) in [7, 11) is 1.62. The van der Waals surface area contributed by atoms with Gasteiger partial charge in [-0.25, -0.2) is 9.97 Å². The normalized spacial score (nSPS) is 12.9. The zero-order valence-electron chi connectivity index (χ0n) is 18.3. The van der Waals surface area contributed by atoms with Gasteiger partial charge in [-0.2, -0.15) is 0 Å². The summed E-state index contributed by atoms with van der Waals surface area (Å²) in [5.74, 6) is 2.54. The molecule has 1 amide bonds. The lowest BCUT2D eigenvalue weighted by molar-refractivity contribution is 0.0941. The standard InChI is InChI=1S/C24H27N3O5/c1-3-11-30-20-5-4-10-25-22(20)23(28)26-13-18-15-32-24(27-18)17-8-9-19(29-2)21(12-17)31-14-16-6-7-16/h4-5,8-10,12,15-16H,3,6-7,11,13-14H2,1-2H3,(H,26,28). The molecule has 168 valence electrons. The number of oxazole rings is 1. The van der Waals surface area contributed by atoms with E-state index in [1.807, 2.05) is 25.1 Å². The lowest BCUT2D eigenvalue weighted by Gasteiger charge is -2.11. The summed E-state index contributed by atoms with van der Waals surface area (Å²) < 4.78 is 22.6. The van der Waals surface area contributed by atoms with E-state index in [2.05, 4.69) is 15.3 Å². The number of carbonyl (C=O) groups is 1. The van der Waals surface area contributed by atoms with Crippen molar-refractivity contribution in [1.29, 1.82) is 0 Å². The molecule has 0 bridgehead atoms. The van der Waals surface area contributed by atoms with Gasteiger partial charge in [0.15, 0.2) is 22.9 Å². The predicted octanol–water partition coefficient (Wildman–Crippen LogP) is 4.25. The minimum Gasteiger partial charge on any atom is -0.493 e. The van der Waals surface area contributed by atoms with Crippen LogP contribution in [0.3, 0.4) is 0 Å². The quantitative estimate of drug-likeness (QED) is 0.479. The summed E-state index contributed by atoms with van der Waals surface area (Å²) in [5.41, 5.74) is 1.61. The second kappa shape index (κ2) is 10.2. The molecule has 0 atom stereocenters. The Morgan fingerprint density at radius 3 is 2.84 bits per heavy atom. The third-order valence-corrected chi connectivity index (χ3v) is 5.01. The first kappa shape index (κ1) is 21.7. The van der Waals surface area contributed by atoms with Gasteiger partial charge in [-0.05, 0) is 55.5 Å². The molecule has 2 heterocycles. The smallest absolute Gasteiger partial charge is 0.274 e. The number of pyridine rings is 1. The van der Waals surface area contributed by atoms with E-state index < -0.39 is 0 Å². The first-order valence-corrected chi connectivity index (χ1v) is 10.8. The van der Waals surface area contributed by atoms with Gasteiger partial charge >= 0.3 is 0 Å². The van der Waals surface area contributed by atoms with E-state index in [9.17, 15) is 4.79 Å². The second-order valence-electron chi connectivity index (χ2n) is 7.65. The van der Waals surface area contributed by atoms with Crippen molar-refractivity contribution in [2.45, 2.75) is 32.7 Å². The van der Waals surface area contributed by atoms with Crippen LogP contribution in [0.5, 0.6) is 17.2 Å². The molecule has 8 nitrogen and oxygen atoms in total. The van der Waals surface area contributed by atoms with Crippen LogP contribution in [0.1, 0.15) is 42.4 Å². The van der Waals surface area contributed by atoms with Gasteiger partial charge in [0.2, 0.25) is 5.89 Å². The molecule has 1 aliphatic carbocycles. The molecule has 8 heteroatoms. The Labute approximate surface area is 186 Å². The first-order valence-electron chi connectivity index (χ1n) is 10.8. The number of ether oxygens (including phenoxy) is 3. The largest absolute Gasteiger partial charge is 0.493 e. The molecule has 32 heavy (non-hydrogen) atoms. The number of amides is 1. The van der Waals surface area contributed by atoms with E-state index in [4.69, 9.17) is 18.6 Å². The molecule has 0 unspecified atom stereocenters. The van der Waals surface area contributed by atoms with Crippen molar-refractivity contribution in [1.82, 2.24) is 15.3 Å². The van der Waals surface area contributed by atoms with Gasteiger partial charge in [-0.3, -0.25) is 4.79 Å². The Morgan fingerprint density at radius 1 is 1.19 bits per heavy atom. The lowest BCUT2D eigenvalue weighted by Crippen LogP contribution is -2.24. The van der Waals surface area contributed by atoms with Crippen molar-refractivity contribution in [3.05, 3.63) is 54.2 Å². The molecule has 1 aromatic carbocycles. The molecule has 1 saturated carbocycles. The molecule has 0 saturated heterocycles. The zero-order valence-corrected chi connectivity index (χ0v) is 18.3. The van der Waals surface area contributed by atoms with Crippen molar-refractivity contribution in [3.8, 4) is 28.7 Å². The molecular formula is C24H27N3O5. The van der Waals surface area contributed by atoms with Crippen LogP contribution in [0, 0.1) is 5.92 Å². The van der Waals surface area contributed by atoms with E-state index >= 15 is 0 Å². The maximum atomic E-state index is 12.6. The van der Waals surface area contributed by atoms with Crippen molar-refractivity contribution in [3.63, 3.8) is 0 Å². The van der Waals surface area contributed by atoms with Crippen molar-refractivity contribution in [2.24, 2.45) is 5.92 Å². The van der Waals surface area contributed by atoms with Gasteiger partial charge < -0.3 is 23.9 Å². The molecule has 0 aliphatic heterocycles. The Hall–Kier alpha value is -3.55. The number of carbonyl (C=O) groups excluding carboxylic acids is 1. The average molecular weight is 437 g/mol. The van der Waals surface area contributed by atoms with Crippen molar-refractivity contribution in [2.75, 3.05) is 20.3 Å². The number of methoxy groups -OCH3 is 1. The summed E-state index contributed by atoms with van der Waals surface area (Å²) >= 11 is 0.